The summed E-state index contributed by atoms with van der Waals surface area (Å²) < 4.78 is 33.3. The number of thioether (sulfide) groups is 1. The van der Waals surface area contributed by atoms with E-state index in [-0.39, 0.29) is 22.8 Å². The highest BCUT2D eigenvalue weighted by atomic mass is 35.5. The van der Waals surface area contributed by atoms with Crippen molar-refractivity contribution in [2.75, 3.05) is 7.11 Å². The minimum Gasteiger partial charge on any atom is -0.468 e. The molecule has 0 unspecified atom stereocenters. The van der Waals surface area contributed by atoms with E-state index < -0.39 is 27.9 Å². The number of hydrogen-bond acceptors (Lipinski definition) is 6. The van der Waals surface area contributed by atoms with E-state index >= 15 is 0 Å². The maximum atomic E-state index is 14.8. The van der Waals surface area contributed by atoms with Crippen LogP contribution in [0.4, 0.5) is 8.78 Å². The molecule has 0 amide bonds. The first kappa shape index (κ1) is 22.2. The van der Waals surface area contributed by atoms with Crippen LogP contribution < -0.4 is 5.73 Å². The first-order valence-corrected chi connectivity index (χ1v) is 10.2. The summed E-state index contributed by atoms with van der Waals surface area (Å²) in [5.74, 6) is -1.61. The number of benzene rings is 1. The van der Waals surface area contributed by atoms with Crippen LogP contribution in [-0.2, 0) is 15.1 Å². The maximum absolute atomic E-state index is 14.8. The lowest BCUT2D eigenvalue weighted by molar-refractivity contribution is -0.143. The van der Waals surface area contributed by atoms with Crippen molar-refractivity contribution in [2.24, 2.45) is 10.7 Å². The van der Waals surface area contributed by atoms with E-state index in [4.69, 9.17) is 22.1 Å². The van der Waals surface area contributed by atoms with Crippen molar-refractivity contribution in [2.45, 2.75) is 30.6 Å². The first-order chi connectivity index (χ1) is 14.1. The molecule has 2 aromatic rings. The number of amidine groups is 1. The zero-order valence-electron chi connectivity index (χ0n) is 16.6. The van der Waals surface area contributed by atoms with Crippen molar-refractivity contribution in [3.63, 3.8) is 0 Å². The molecule has 2 atom stereocenters. The SMILES string of the molecule is COC(=O)[C@@]1(C)C[C@](C)(c2cc(/C=C(\F)c3ccc(Cl)cn3)ccc2F)N=C(N)S1. The second-order valence-corrected chi connectivity index (χ2v) is 9.28. The Bertz CT molecular complexity index is 1050. The van der Waals surface area contributed by atoms with Gasteiger partial charge < -0.3 is 10.5 Å². The Morgan fingerprint density at radius 2 is 2.07 bits per heavy atom. The van der Waals surface area contributed by atoms with Gasteiger partial charge in [0.25, 0.3) is 0 Å². The molecule has 1 aromatic heterocycles. The second-order valence-electron chi connectivity index (χ2n) is 7.32. The number of nitrogens with two attached hydrogens (primary N) is 1. The lowest BCUT2D eigenvalue weighted by Crippen LogP contribution is -2.46. The number of carbonyl (C=O) groups is 1. The van der Waals surface area contributed by atoms with Crippen molar-refractivity contribution in [3.05, 3.63) is 64.2 Å². The number of carbonyl (C=O) groups excluding carboxylic acids is 1. The largest absolute Gasteiger partial charge is 0.468 e. The molecule has 0 bridgehead atoms. The highest BCUT2D eigenvalue weighted by molar-refractivity contribution is 8.15. The zero-order chi connectivity index (χ0) is 22.1. The van der Waals surface area contributed by atoms with Gasteiger partial charge in [-0.15, -0.1) is 0 Å². The zero-order valence-corrected chi connectivity index (χ0v) is 18.2. The number of aromatic nitrogens is 1. The summed E-state index contributed by atoms with van der Waals surface area (Å²) in [5, 5.41) is 0.538. The van der Waals surface area contributed by atoms with Crippen LogP contribution in [0, 0.1) is 5.82 Å². The lowest BCUT2D eigenvalue weighted by atomic mass is 9.82. The van der Waals surface area contributed by atoms with Gasteiger partial charge >= 0.3 is 5.97 Å². The smallest absolute Gasteiger partial charge is 0.322 e. The van der Waals surface area contributed by atoms with Crippen molar-refractivity contribution in [3.8, 4) is 0 Å². The van der Waals surface area contributed by atoms with Crippen LogP contribution in [0.5, 0.6) is 0 Å². The van der Waals surface area contributed by atoms with Gasteiger partial charge in [-0.3, -0.25) is 14.8 Å². The standard InChI is InChI=1S/C21H20ClF2N3O2S/c1-20(11-21(2,18(28)29-3)30-19(25)27-20)14-8-12(4-6-15(14)23)9-16(24)17-7-5-13(22)10-26-17/h4-10H,11H2,1-3H3,(H2,25,27)/b16-9-/t20-,21-/m1/s1. The van der Waals surface area contributed by atoms with Crippen LogP contribution in [0.1, 0.15) is 37.1 Å². The molecular weight excluding hydrogens is 432 g/mol. The summed E-state index contributed by atoms with van der Waals surface area (Å²) in [6.45, 7) is 3.36. The Labute approximate surface area is 182 Å². The molecule has 1 aliphatic heterocycles. The number of pyridine rings is 1. The monoisotopic (exact) mass is 451 g/mol. The maximum Gasteiger partial charge on any atom is 0.322 e. The molecular formula is C21H20ClF2N3O2S. The Morgan fingerprint density at radius 3 is 2.70 bits per heavy atom. The fourth-order valence-electron chi connectivity index (χ4n) is 3.50. The van der Waals surface area contributed by atoms with Crippen LogP contribution >= 0.6 is 23.4 Å². The third kappa shape index (κ3) is 4.49. The number of halogens is 3. The van der Waals surface area contributed by atoms with E-state index in [2.05, 4.69) is 9.98 Å². The van der Waals surface area contributed by atoms with Gasteiger partial charge in [-0.05, 0) is 49.8 Å². The van der Waals surface area contributed by atoms with E-state index in [1.54, 1.807) is 13.8 Å². The van der Waals surface area contributed by atoms with Crippen LogP contribution in [0.15, 0.2) is 41.5 Å². The molecule has 158 valence electrons. The van der Waals surface area contributed by atoms with Crippen molar-refractivity contribution in [1.29, 1.82) is 0 Å². The van der Waals surface area contributed by atoms with E-state index in [0.717, 1.165) is 11.8 Å². The van der Waals surface area contributed by atoms with Gasteiger partial charge in [-0.25, -0.2) is 8.78 Å². The molecule has 0 radical (unpaired) electrons. The third-order valence-electron chi connectivity index (χ3n) is 4.82. The Balaban J connectivity index is 2.02. The van der Waals surface area contributed by atoms with Crippen molar-refractivity contribution in [1.82, 2.24) is 4.98 Å². The highest BCUT2D eigenvalue weighted by Gasteiger charge is 2.48. The number of methoxy groups -OCH3 is 1. The number of aliphatic imine (C=N–C) groups is 1. The molecule has 0 aliphatic carbocycles. The summed E-state index contributed by atoms with van der Waals surface area (Å²) in [6.07, 6.45) is 2.74. The molecule has 2 N–H and O–H groups in total. The molecule has 9 heteroatoms. The number of hydrogen-bond donors (Lipinski definition) is 1. The predicted molar refractivity (Wildman–Crippen MR) is 116 cm³/mol. The number of nitrogens with zero attached hydrogens (tertiary/aromatic N) is 2. The van der Waals surface area contributed by atoms with Gasteiger partial charge in [0.05, 0.1) is 23.4 Å². The van der Waals surface area contributed by atoms with Crippen LogP contribution in [0.25, 0.3) is 11.9 Å². The first-order valence-electron chi connectivity index (χ1n) is 8.98. The topological polar surface area (TPSA) is 77.6 Å². The molecule has 30 heavy (non-hydrogen) atoms. The summed E-state index contributed by atoms with van der Waals surface area (Å²) in [5.41, 5.74) is 5.54. The lowest BCUT2D eigenvalue weighted by Gasteiger charge is -2.39. The predicted octanol–water partition coefficient (Wildman–Crippen LogP) is 4.94. The van der Waals surface area contributed by atoms with Crippen molar-refractivity contribution >= 4 is 46.4 Å². The summed E-state index contributed by atoms with van der Waals surface area (Å²) in [6, 6.07) is 7.15. The fourth-order valence-corrected chi connectivity index (χ4v) is 4.84. The molecule has 0 fully saturated rings. The molecule has 0 spiro atoms. The van der Waals surface area contributed by atoms with Gasteiger partial charge in [0, 0.05) is 18.2 Å². The average molecular weight is 452 g/mol. The average Bonchev–Trinajstić information content (AvgIpc) is 2.68. The van der Waals surface area contributed by atoms with Gasteiger partial charge in [0.15, 0.2) is 5.17 Å². The normalized spacial score (nSPS) is 24.3. The minimum absolute atomic E-state index is 0.103. The number of ether oxygens (including phenoxy) is 1. The van der Waals surface area contributed by atoms with Crippen LogP contribution in [-0.4, -0.2) is 28.0 Å². The van der Waals surface area contributed by atoms with Crippen LogP contribution in [0.3, 0.4) is 0 Å². The van der Waals surface area contributed by atoms with Gasteiger partial charge in [0.1, 0.15) is 16.4 Å². The van der Waals surface area contributed by atoms with Gasteiger partial charge in [0.2, 0.25) is 0 Å². The minimum atomic E-state index is -1.14. The summed E-state index contributed by atoms with van der Waals surface area (Å²) in [4.78, 5) is 20.7. The quantitative estimate of drug-likeness (QED) is 0.666. The Morgan fingerprint density at radius 1 is 1.33 bits per heavy atom. The molecule has 1 aliphatic rings. The summed E-state index contributed by atoms with van der Waals surface area (Å²) >= 11 is 6.86. The van der Waals surface area contributed by atoms with E-state index in [0.29, 0.717) is 10.6 Å². The molecule has 0 saturated carbocycles. The van der Waals surface area contributed by atoms with E-state index in [1.165, 1.54) is 49.7 Å². The summed E-state index contributed by atoms with van der Waals surface area (Å²) in [7, 11) is 1.28. The molecule has 2 heterocycles. The van der Waals surface area contributed by atoms with Gasteiger partial charge in [-0.2, -0.15) is 0 Å². The molecule has 5 nitrogen and oxygen atoms in total. The number of esters is 1. The van der Waals surface area contributed by atoms with E-state index in [1.807, 2.05) is 0 Å². The second kappa shape index (κ2) is 8.35. The molecule has 3 rings (SSSR count). The van der Waals surface area contributed by atoms with Gasteiger partial charge in [-0.1, -0.05) is 29.4 Å². The molecule has 0 saturated heterocycles. The number of rotatable bonds is 4. The van der Waals surface area contributed by atoms with E-state index in [9.17, 15) is 13.6 Å². The highest BCUT2D eigenvalue weighted by Crippen LogP contribution is 2.46. The Hall–Kier alpha value is -2.45. The van der Waals surface area contributed by atoms with Crippen LogP contribution in [0.2, 0.25) is 5.02 Å². The fraction of sp³-hybridized carbons (Fsp3) is 0.286. The molecule has 1 aromatic carbocycles. The Kier molecular flexibility index (Phi) is 6.19. The van der Waals surface area contributed by atoms with Crippen molar-refractivity contribution < 1.29 is 18.3 Å². The third-order valence-corrected chi connectivity index (χ3v) is 6.11.